The van der Waals surface area contributed by atoms with Gasteiger partial charge in [0, 0.05) is 0 Å². The van der Waals surface area contributed by atoms with E-state index in [1.54, 1.807) is 0 Å². The van der Waals surface area contributed by atoms with Crippen LogP contribution in [-0.2, 0) is 16.0 Å². The van der Waals surface area contributed by atoms with Crippen molar-refractivity contribution in [2.24, 2.45) is 0 Å². The first-order chi connectivity index (χ1) is 7.24. The van der Waals surface area contributed by atoms with Crippen molar-refractivity contribution >= 4 is 21.9 Å². The first-order valence-electron chi connectivity index (χ1n) is 4.72. The van der Waals surface area contributed by atoms with E-state index in [9.17, 15) is 4.79 Å². The lowest BCUT2D eigenvalue weighted by atomic mass is 10.1. The first-order valence-corrected chi connectivity index (χ1v) is 5.51. The fourth-order valence-corrected chi connectivity index (χ4v) is 1.58. The van der Waals surface area contributed by atoms with Gasteiger partial charge in [-0.2, -0.15) is 0 Å². The number of halogens is 1. The number of hydrogen-bond donors (Lipinski definition) is 0. The second-order valence-corrected chi connectivity index (χ2v) is 3.92. The predicted molar refractivity (Wildman–Crippen MR) is 63.8 cm³/mol. The fourth-order valence-electron chi connectivity index (χ4n) is 1.19. The largest absolute Gasteiger partial charge is 0.465 e. The molecule has 15 heavy (non-hydrogen) atoms. The first kappa shape index (κ1) is 12.0. The third-order valence-electron chi connectivity index (χ3n) is 1.98. The zero-order valence-electron chi connectivity index (χ0n) is 8.57. The Morgan fingerprint density at radius 3 is 2.67 bits per heavy atom. The number of methoxy groups -OCH3 is 1. The third-order valence-corrected chi connectivity index (χ3v) is 2.63. The number of benzene rings is 1. The standard InChI is InChI=1S/C12H13BrO2/c1-15-12(14)11(13)9-5-8-10-6-3-2-4-7-10/h2-4,6-7,9H,5,8H2,1H3/b11-9-. The number of carbonyl (C=O) groups excluding carboxylic acids is 1. The number of allylic oxidation sites excluding steroid dienone is 1. The topological polar surface area (TPSA) is 26.3 Å². The number of hydrogen-bond acceptors (Lipinski definition) is 2. The summed E-state index contributed by atoms with van der Waals surface area (Å²) >= 11 is 3.16. The van der Waals surface area contributed by atoms with Crippen LogP contribution in [0.5, 0.6) is 0 Å². The highest BCUT2D eigenvalue weighted by Crippen LogP contribution is 2.10. The van der Waals surface area contributed by atoms with Crippen molar-refractivity contribution in [1.29, 1.82) is 0 Å². The summed E-state index contributed by atoms with van der Waals surface area (Å²) < 4.78 is 5.05. The molecule has 0 amide bonds. The summed E-state index contributed by atoms with van der Waals surface area (Å²) in [6.07, 6.45) is 3.57. The van der Waals surface area contributed by atoms with Gasteiger partial charge in [-0.1, -0.05) is 36.4 Å². The Balaban J connectivity index is 2.42. The Bertz CT molecular complexity index is 344. The van der Waals surface area contributed by atoms with E-state index in [2.05, 4.69) is 32.8 Å². The van der Waals surface area contributed by atoms with Crippen molar-refractivity contribution in [2.75, 3.05) is 7.11 Å². The van der Waals surface area contributed by atoms with Crippen LogP contribution in [-0.4, -0.2) is 13.1 Å². The molecule has 0 saturated heterocycles. The molecule has 0 bridgehead atoms. The molecule has 2 nitrogen and oxygen atoms in total. The van der Waals surface area contributed by atoms with E-state index in [1.165, 1.54) is 12.7 Å². The quantitative estimate of drug-likeness (QED) is 0.620. The predicted octanol–water partition coefficient (Wildman–Crippen LogP) is 3.07. The molecular formula is C12H13BrO2. The van der Waals surface area contributed by atoms with Crippen molar-refractivity contribution in [3.63, 3.8) is 0 Å². The molecule has 0 aliphatic rings. The molecule has 0 spiro atoms. The number of carbonyl (C=O) groups is 1. The van der Waals surface area contributed by atoms with E-state index in [0.717, 1.165) is 12.8 Å². The lowest BCUT2D eigenvalue weighted by Gasteiger charge is -1.98. The Morgan fingerprint density at radius 1 is 1.40 bits per heavy atom. The maximum absolute atomic E-state index is 11.0. The minimum absolute atomic E-state index is 0.330. The van der Waals surface area contributed by atoms with Crippen molar-refractivity contribution < 1.29 is 9.53 Å². The van der Waals surface area contributed by atoms with Crippen LogP contribution >= 0.6 is 15.9 Å². The molecule has 0 N–H and O–H groups in total. The highest BCUT2D eigenvalue weighted by molar-refractivity contribution is 9.12. The Morgan fingerprint density at radius 2 is 2.07 bits per heavy atom. The normalized spacial score (nSPS) is 11.2. The monoisotopic (exact) mass is 268 g/mol. The van der Waals surface area contributed by atoms with Crippen LogP contribution in [0, 0.1) is 0 Å². The molecule has 0 atom stereocenters. The summed E-state index contributed by atoms with van der Waals surface area (Å²) in [6.45, 7) is 0. The molecule has 0 aliphatic carbocycles. The van der Waals surface area contributed by atoms with E-state index >= 15 is 0 Å². The maximum Gasteiger partial charge on any atom is 0.344 e. The lowest BCUT2D eigenvalue weighted by molar-refractivity contribution is -0.135. The van der Waals surface area contributed by atoms with Gasteiger partial charge in [0.15, 0.2) is 0 Å². The van der Waals surface area contributed by atoms with Crippen molar-refractivity contribution in [3.8, 4) is 0 Å². The van der Waals surface area contributed by atoms with Gasteiger partial charge in [0.05, 0.1) is 11.6 Å². The van der Waals surface area contributed by atoms with E-state index < -0.39 is 0 Å². The van der Waals surface area contributed by atoms with Gasteiger partial charge >= 0.3 is 5.97 Å². The van der Waals surface area contributed by atoms with Gasteiger partial charge in [-0.3, -0.25) is 0 Å². The molecular weight excluding hydrogens is 256 g/mol. The Labute approximate surface area is 98.1 Å². The van der Waals surface area contributed by atoms with Crippen LogP contribution < -0.4 is 0 Å². The van der Waals surface area contributed by atoms with Gasteiger partial charge < -0.3 is 4.74 Å². The van der Waals surface area contributed by atoms with Gasteiger partial charge in [0.2, 0.25) is 0 Å². The summed E-state index contributed by atoms with van der Waals surface area (Å²) in [5.41, 5.74) is 1.26. The average molecular weight is 269 g/mol. The molecule has 0 radical (unpaired) electrons. The zero-order valence-corrected chi connectivity index (χ0v) is 10.2. The minimum atomic E-state index is -0.330. The lowest BCUT2D eigenvalue weighted by Crippen LogP contribution is -1.99. The SMILES string of the molecule is COC(=O)/C(Br)=C/CCc1ccccc1. The summed E-state index contributed by atoms with van der Waals surface area (Å²) in [6, 6.07) is 10.1. The van der Waals surface area contributed by atoms with Crippen LogP contribution in [0.2, 0.25) is 0 Å². The minimum Gasteiger partial charge on any atom is -0.465 e. The molecule has 0 fully saturated rings. The fraction of sp³-hybridized carbons (Fsp3) is 0.250. The van der Waals surface area contributed by atoms with Crippen LogP contribution in [0.25, 0.3) is 0 Å². The highest BCUT2D eigenvalue weighted by Gasteiger charge is 2.03. The molecule has 1 rings (SSSR count). The number of esters is 1. The van der Waals surface area contributed by atoms with Gasteiger partial charge in [-0.05, 0) is 34.3 Å². The van der Waals surface area contributed by atoms with Gasteiger partial charge in [0.25, 0.3) is 0 Å². The van der Waals surface area contributed by atoms with Crippen molar-refractivity contribution in [1.82, 2.24) is 0 Å². The molecule has 0 aliphatic heterocycles. The van der Waals surface area contributed by atoms with Crippen LogP contribution in [0.3, 0.4) is 0 Å². The molecule has 3 heteroatoms. The molecule has 1 aromatic carbocycles. The van der Waals surface area contributed by atoms with Crippen molar-refractivity contribution in [2.45, 2.75) is 12.8 Å². The summed E-state index contributed by atoms with van der Waals surface area (Å²) in [5, 5.41) is 0. The van der Waals surface area contributed by atoms with Gasteiger partial charge in [-0.15, -0.1) is 0 Å². The van der Waals surface area contributed by atoms with E-state index in [-0.39, 0.29) is 5.97 Å². The van der Waals surface area contributed by atoms with Crippen LogP contribution in [0.15, 0.2) is 40.9 Å². The number of rotatable bonds is 4. The van der Waals surface area contributed by atoms with Crippen molar-refractivity contribution in [3.05, 3.63) is 46.5 Å². The van der Waals surface area contributed by atoms with Gasteiger partial charge in [-0.25, -0.2) is 4.79 Å². The van der Waals surface area contributed by atoms with E-state index in [0.29, 0.717) is 4.48 Å². The molecule has 80 valence electrons. The molecule has 0 heterocycles. The third kappa shape index (κ3) is 4.30. The average Bonchev–Trinajstić information content (AvgIpc) is 2.29. The maximum atomic E-state index is 11.0. The molecule has 0 saturated carbocycles. The number of ether oxygens (including phenoxy) is 1. The van der Waals surface area contributed by atoms with E-state index in [1.807, 2.05) is 24.3 Å². The molecule has 0 aromatic heterocycles. The molecule has 0 unspecified atom stereocenters. The highest BCUT2D eigenvalue weighted by atomic mass is 79.9. The zero-order chi connectivity index (χ0) is 11.1. The molecule has 1 aromatic rings. The van der Waals surface area contributed by atoms with Gasteiger partial charge in [0.1, 0.15) is 0 Å². The van der Waals surface area contributed by atoms with E-state index in [4.69, 9.17) is 0 Å². The Kier molecular flexibility index (Phi) is 5.12. The Hall–Kier alpha value is -1.09. The summed E-state index contributed by atoms with van der Waals surface area (Å²) in [7, 11) is 1.37. The summed E-state index contributed by atoms with van der Waals surface area (Å²) in [4.78, 5) is 11.0. The van der Waals surface area contributed by atoms with Crippen LogP contribution in [0.4, 0.5) is 0 Å². The second kappa shape index (κ2) is 6.40. The number of aryl methyl sites for hydroxylation is 1. The second-order valence-electron chi connectivity index (χ2n) is 3.07. The van der Waals surface area contributed by atoms with Crippen LogP contribution in [0.1, 0.15) is 12.0 Å². The smallest absolute Gasteiger partial charge is 0.344 e. The summed E-state index contributed by atoms with van der Waals surface area (Å²) in [5.74, 6) is -0.330.